The van der Waals surface area contributed by atoms with Crippen LogP contribution in [-0.4, -0.2) is 25.1 Å². The zero-order valence-corrected chi connectivity index (χ0v) is 74.8. The lowest BCUT2D eigenvalue weighted by Gasteiger charge is -2.26. The smallest absolute Gasteiger partial charge is 0.577 e. The largest absolute Gasteiger partial charge is 1.20 e. The highest BCUT2D eigenvalue weighted by molar-refractivity contribution is 6.40. The van der Waals surface area contributed by atoms with Gasteiger partial charge in [0.2, 0.25) is 0 Å². The van der Waals surface area contributed by atoms with E-state index in [0.29, 0.717) is 17.2 Å². The number of fused-ring (bicyclic) bond motifs is 10. The van der Waals surface area contributed by atoms with E-state index in [-0.39, 0.29) is 21.7 Å². The van der Waals surface area contributed by atoms with Crippen molar-refractivity contribution in [3.05, 3.63) is 365 Å². The molecule has 0 unspecified atom stereocenters. The van der Waals surface area contributed by atoms with Gasteiger partial charge in [0, 0.05) is 22.2 Å². The number of nitrogens with zero attached hydrogens (tertiary/aromatic N) is 2. The highest BCUT2D eigenvalue weighted by Gasteiger charge is 2.46. The molecular weight excluding hydrogens is 1500 g/mol. The van der Waals surface area contributed by atoms with Gasteiger partial charge in [0.1, 0.15) is 22.5 Å². The number of aromatic nitrogens is 2. The molecule has 0 bridgehead atoms. The van der Waals surface area contributed by atoms with E-state index in [1.54, 1.807) is 0 Å². The van der Waals surface area contributed by atoms with Gasteiger partial charge in [0.05, 0.1) is 5.75 Å². The summed E-state index contributed by atoms with van der Waals surface area (Å²) in [4.78, 5) is 9.45. The van der Waals surface area contributed by atoms with E-state index >= 15 is 0 Å². The van der Waals surface area contributed by atoms with Crippen LogP contribution in [0.3, 0.4) is 0 Å². The molecule has 20 rings (SSSR count). The third-order valence-electron chi connectivity index (χ3n) is 25.0. The summed E-state index contributed by atoms with van der Waals surface area (Å²) in [6, 6.07) is 112. The molecule has 0 radical (unpaired) electrons. The Morgan fingerprint density at radius 3 is 1.10 bits per heavy atom. The first-order chi connectivity index (χ1) is 58.5. The second-order valence-corrected chi connectivity index (χ2v) is 39.1. The fraction of sp³-hybridized carbons (Fsp3) is 0.190. The lowest BCUT2D eigenvalue weighted by Crippen LogP contribution is -2.37. The molecule has 0 aliphatic heterocycles. The van der Waals surface area contributed by atoms with Crippen LogP contribution in [0.1, 0.15) is 139 Å². The van der Waals surface area contributed by atoms with E-state index in [0.717, 1.165) is 44.3 Å². The maximum absolute atomic E-state index is 6.49. The van der Waals surface area contributed by atoms with Gasteiger partial charge in [0.15, 0.2) is 0 Å². The predicted molar refractivity (Wildman–Crippen MR) is 520 cm³/mol. The molecule has 0 atom stereocenters. The molecule has 2 aromatic heterocycles. The number of pyridine rings is 2. The fourth-order valence-electron chi connectivity index (χ4n) is 18.8. The van der Waals surface area contributed by atoms with Crippen molar-refractivity contribution in [2.24, 2.45) is 0 Å². The summed E-state index contributed by atoms with van der Waals surface area (Å²) in [5.74, 6) is 1.94. The molecule has 0 spiro atoms. The van der Waals surface area contributed by atoms with E-state index in [2.05, 4.69) is 317 Å². The summed E-state index contributed by atoms with van der Waals surface area (Å²) in [6.45, 7) is 40.7. The first-order valence-electron chi connectivity index (χ1n) is 43.1. The monoisotopic (exact) mass is 1600 g/mol. The van der Waals surface area contributed by atoms with Crippen molar-refractivity contribution in [2.75, 3.05) is 0 Å². The van der Waals surface area contributed by atoms with E-state index in [4.69, 9.17) is 21.3 Å². The quantitative estimate of drug-likeness (QED) is 0.121. The maximum atomic E-state index is 6.49. The van der Waals surface area contributed by atoms with Crippen LogP contribution in [0.2, 0.25) is 0 Å². The molecule has 0 N–H and O–H groups in total. The van der Waals surface area contributed by atoms with Crippen molar-refractivity contribution in [2.45, 2.75) is 146 Å². The fourth-order valence-corrected chi connectivity index (χ4v) is 20.1. The Kier molecular flexibility index (Phi) is 20.7. The van der Waals surface area contributed by atoms with E-state index in [9.17, 15) is 0 Å². The Bertz CT molecular complexity index is 7080. The van der Waals surface area contributed by atoms with Crippen molar-refractivity contribution in [1.82, 2.24) is 9.97 Å². The Balaban J connectivity index is 0.000000129. The highest BCUT2D eigenvalue weighted by atomic mass is 27.3. The highest BCUT2D eigenvalue weighted by Crippen LogP contribution is 2.55. The van der Waals surface area contributed by atoms with Crippen molar-refractivity contribution in [3.63, 3.8) is 0 Å². The molecule has 2 aliphatic carbocycles. The number of hydrogen-bond donors (Lipinski definition) is 0. The normalized spacial score (nSPS) is 12.2. The third kappa shape index (κ3) is 15.1. The van der Waals surface area contributed by atoms with Crippen LogP contribution in [0.25, 0.3) is 165 Å². The predicted octanol–water partition coefficient (Wildman–Crippen LogP) is 32.0. The maximum Gasteiger partial charge on any atom is 1.20 e. The second-order valence-electron chi connectivity index (χ2n) is 37.8. The van der Waals surface area contributed by atoms with Crippen molar-refractivity contribution < 1.29 is 11.4 Å². The Morgan fingerprint density at radius 1 is 0.238 bits per heavy atom. The van der Waals surface area contributed by atoms with Crippen LogP contribution < -0.4 is 11.4 Å². The minimum Gasteiger partial charge on any atom is -0.577 e. The number of rotatable bonds is 11. The van der Waals surface area contributed by atoms with Crippen LogP contribution in [0.15, 0.2) is 309 Å². The molecule has 5 nitrogen and oxygen atoms in total. The third-order valence-corrected chi connectivity index (χ3v) is 26.4. The molecule has 2 aliphatic rings. The topological polar surface area (TPSA) is 53.5 Å². The van der Waals surface area contributed by atoms with Gasteiger partial charge in [-0.1, -0.05) is 344 Å². The lowest BCUT2D eigenvalue weighted by molar-refractivity contribution is 0.310. The summed E-state index contributed by atoms with van der Waals surface area (Å²) in [5, 5.41) is 12.7. The van der Waals surface area contributed by atoms with Gasteiger partial charge < -0.3 is 11.4 Å². The van der Waals surface area contributed by atoms with Crippen molar-refractivity contribution in [1.29, 1.82) is 0 Å². The second kappa shape index (κ2) is 31.4. The number of hydrogen-bond acceptors (Lipinski definition) is 5. The van der Waals surface area contributed by atoms with Crippen LogP contribution in [-0.2, 0) is 21.7 Å². The number of aryl methyl sites for hydroxylation is 6. The van der Waals surface area contributed by atoms with Crippen LogP contribution >= 0.6 is 0 Å². The van der Waals surface area contributed by atoms with Crippen LogP contribution in [0.4, 0.5) is 0 Å². The van der Waals surface area contributed by atoms with E-state index < -0.39 is 15.1 Å². The van der Waals surface area contributed by atoms with Gasteiger partial charge >= 0.3 is 15.1 Å². The summed E-state index contributed by atoms with van der Waals surface area (Å²) in [5.41, 5.74) is 38.1. The molecule has 16 aromatic carbocycles. The molecule has 0 amide bonds. The van der Waals surface area contributed by atoms with Gasteiger partial charge in [-0.15, -0.1) is 0 Å². The van der Waals surface area contributed by atoms with Gasteiger partial charge in [-0.25, -0.2) is 9.97 Å². The molecule has 0 fully saturated rings. The first-order valence-corrected chi connectivity index (χ1v) is 44.5. The lowest BCUT2D eigenvalue weighted by atomic mass is 9.77. The molecule has 6 heteroatoms. The summed E-state index contributed by atoms with van der Waals surface area (Å²) in [7, 11) is 0. The summed E-state index contributed by atoms with van der Waals surface area (Å²) < 4.78 is 19.4. The van der Waals surface area contributed by atoms with Gasteiger partial charge in [-0.2, -0.15) is 0 Å². The zero-order valence-electron chi connectivity index (χ0n) is 73.6. The van der Waals surface area contributed by atoms with Crippen molar-refractivity contribution in [3.8, 4) is 117 Å². The zero-order chi connectivity index (χ0) is 85.0. The number of benzene rings is 16. The summed E-state index contributed by atoms with van der Waals surface area (Å²) in [6.07, 6.45) is 0. The Hall–Kier alpha value is -12.7. The van der Waals surface area contributed by atoms with E-state index in [1.807, 2.05) is 117 Å². The Morgan fingerprint density at radius 2 is 0.623 bits per heavy atom. The average molecular weight is 1600 g/mol. The minimum atomic E-state index is -2.83. The van der Waals surface area contributed by atoms with Crippen molar-refractivity contribution >= 4 is 80.0 Å². The van der Waals surface area contributed by atoms with Gasteiger partial charge in [0.25, 0.3) is 0 Å². The summed E-state index contributed by atoms with van der Waals surface area (Å²) >= 11 is -2.83. The number of para-hydroxylation sites is 2. The average Bonchev–Trinajstić information content (AvgIpc) is 1.52. The van der Waals surface area contributed by atoms with Gasteiger partial charge in [-0.3, -0.25) is 0 Å². The SMILES string of the molecule is CC(C)(C)c1ccc2c(-c3ccc4c(c3)-c3cccc5c(-c6c(C(C)(C)C)ccc7cc(C(C)(C)C)ccc67)ccc-4c35)c(C(C)(C)C)ccc2c1.Cc1ccc2cccc([O][Al]([O]c3ccc(-c4ccccc4)cc3)[O]c3cccc4ccc(C)nc34)c2n1.Cc1cccc(C)c1-c1ccc2c(c1)-c1cccc3c(-c4c(C)cccc4C)ccc-2c13. The first kappa shape index (κ1) is 80.4. The Labute approximate surface area is 725 Å². The minimum absolute atomic E-state index is 0.0000204. The molecule has 18 aromatic rings. The molecule has 2 heterocycles. The van der Waals surface area contributed by atoms with E-state index in [1.165, 1.54) is 177 Å². The van der Waals surface area contributed by atoms with Crippen LogP contribution in [0, 0.1) is 41.5 Å². The molecular formula is C116H105AlN2O3. The van der Waals surface area contributed by atoms with Crippen LogP contribution in [0.5, 0.6) is 17.2 Å². The standard InChI is InChI=1S/C52H54.C32H26.C12H10O.2C10H9NO.Al/c1-49(2,3)34-19-22-36-31(28-34)17-26-44(51(7,8)9)46(36)33-16-21-38-41-24-25-42(39-14-13-15-40(47(39)41)43(38)30-33)48-37-23-20-35(50(4,5)6)29-32(37)18-27-45(48)52(10,11)12;1-19-8-5-9-20(2)30(19)23-14-15-24-27-16-17-28(31-21(3)10-6-11-22(31)4)25-12-7-13-26(32(25)27)29(24)18-23;13-12-8-6-11(7-9-12)10-4-2-1-3-5-10;2*1-7-5-6-8-3-2-4-9(12)10(8)11-7;/h13-30H,1-12H3;5-18H,1-4H3;1-9,13H;2*2-6,12H,1H3;/q;;;;;+3/p-3. The van der Waals surface area contributed by atoms with Gasteiger partial charge in [-0.05, 0) is 299 Å². The molecule has 122 heavy (non-hydrogen) atoms. The molecule has 600 valence electrons. The molecule has 0 saturated heterocycles. The molecule has 0 saturated carbocycles.